The first-order valence-electron chi connectivity index (χ1n) is 12.0. The topological polar surface area (TPSA) is 124 Å². The summed E-state index contributed by atoms with van der Waals surface area (Å²) in [7, 11) is 0. The number of hydrogen-bond donors (Lipinski definition) is 3. The molecule has 5 rings (SSSR count). The fourth-order valence-electron chi connectivity index (χ4n) is 4.53. The van der Waals surface area contributed by atoms with Gasteiger partial charge in [-0.2, -0.15) is 18.2 Å². The largest absolute Gasteiger partial charge is 0.475 e. The molecule has 0 aliphatic carbocycles. The van der Waals surface area contributed by atoms with Crippen molar-refractivity contribution in [1.82, 2.24) is 15.0 Å². The Morgan fingerprint density at radius 3 is 2.82 bits per heavy atom. The van der Waals surface area contributed by atoms with Crippen LogP contribution in [0, 0.1) is 0 Å². The van der Waals surface area contributed by atoms with Gasteiger partial charge in [0.15, 0.2) is 11.6 Å². The summed E-state index contributed by atoms with van der Waals surface area (Å²) in [6.07, 6.45) is -2.47. The fourth-order valence-corrected chi connectivity index (χ4v) is 4.53. The van der Waals surface area contributed by atoms with E-state index in [2.05, 4.69) is 25.2 Å². The zero-order valence-electron chi connectivity index (χ0n) is 20.1. The molecule has 2 atom stereocenters. The molecule has 3 aromatic rings. The third kappa shape index (κ3) is 5.34. The number of amides is 2. The minimum Gasteiger partial charge on any atom is -0.475 e. The summed E-state index contributed by atoms with van der Waals surface area (Å²) in [6, 6.07) is 8.77. The van der Waals surface area contributed by atoms with Crippen molar-refractivity contribution < 1.29 is 32.9 Å². The number of urea groups is 1. The average molecular weight is 531 g/mol. The van der Waals surface area contributed by atoms with Gasteiger partial charge in [0.05, 0.1) is 30.1 Å². The maximum atomic E-state index is 13.5. The Hall–Kier alpha value is -3.97. The van der Waals surface area contributed by atoms with Crippen LogP contribution in [0.15, 0.2) is 48.7 Å². The van der Waals surface area contributed by atoms with E-state index in [1.54, 1.807) is 24.4 Å². The Morgan fingerprint density at radius 1 is 1.21 bits per heavy atom. The van der Waals surface area contributed by atoms with E-state index in [-0.39, 0.29) is 35.7 Å². The minimum absolute atomic E-state index is 0.0739. The molecule has 1 saturated heterocycles. The molecular weight excluding hydrogens is 505 g/mol. The molecule has 4 heterocycles. The molecule has 38 heavy (non-hydrogen) atoms. The number of nitrogens with zero attached hydrogens (tertiary/aromatic N) is 5. The van der Waals surface area contributed by atoms with Gasteiger partial charge in [-0.3, -0.25) is 10.2 Å². The maximum absolute atomic E-state index is 13.5. The standard InChI is InChI=1S/C25H25F3N6O4/c26-25(27,28)16-5-1-4-15(10-16)22-29-11-19-23(32-22)34(17-6-3-9-33(19)12-17)24(37)31-20-7-2-8-21(30-20)38-14-18(36)13-35/h1-2,4-5,7-8,10-11,17-18,35-36H,3,6,9,12-14H2,(H,30,31,37)/t17?,18-/m1/s1. The van der Waals surface area contributed by atoms with Crippen LogP contribution >= 0.6 is 0 Å². The molecule has 1 aromatic carbocycles. The molecule has 0 radical (unpaired) electrons. The number of anilines is 3. The van der Waals surface area contributed by atoms with Crippen molar-refractivity contribution in [1.29, 1.82) is 0 Å². The SMILES string of the molecule is O=C(Nc1cccc(OC[C@H](O)CO)n1)N1c2nc(-c3cccc(C(F)(F)F)c3)ncc2N2CCCC1C2. The van der Waals surface area contributed by atoms with Crippen molar-refractivity contribution in [3.05, 3.63) is 54.2 Å². The molecule has 2 amide bonds. The van der Waals surface area contributed by atoms with Crippen molar-refractivity contribution in [3.63, 3.8) is 0 Å². The van der Waals surface area contributed by atoms with Gasteiger partial charge >= 0.3 is 12.2 Å². The highest BCUT2D eigenvalue weighted by Crippen LogP contribution is 2.39. The third-order valence-electron chi connectivity index (χ3n) is 6.34. The van der Waals surface area contributed by atoms with Crippen LogP contribution in [0.3, 0.4) is 0 Å². The number of aromatic nitrogens is 3. The molecule has 1 unspecified atom stereocenters. The van der Waals surface area contributed by atoms with Gasteiger partial charge in [-0.1, -0.05) is 18.2 Å². The summed E-state index contributed by atoms with van der Waals surface area (Å²) in [5, 5.41) is 21.2. The fraction of sp³-hybridized carbons (Fsp3) is 0.360. The Bertz CT molecular complexity index is 1320. The summed E-state index contributed by atoms with van der Waals surface area (Å²) in [5.74, 6) is 0.717. The molecule has 2 bridgehead atoms. The van der Waals surface area contributed by atoms with Crippen molar-refractivity contribution in [2.45, 2.75) is 31.2 Å². The minimum atomic E-state index is -4.51. The van der Waals surface area contributed by atoms with Gasteiger partial charge in [0.25, 0.3) is 0 Å². The van der Waals surface area contributed by atoms with Gasteiger partial charge in [0.1, 0.15) is 18.5 Å². The van der Waals surface area contributed by atoms with Gasteiger partial charge in [0.2, 0.25) is 5.88 Å². The summed E-state index contributed by atoms with van der Waals surface area (Å²) < 4.78 is 45.2. The molecule has 10 nitrogen and oxygen atoms in total. The number of carbonyl (C=O) groups is 1. The van der Waals surface area contributed by atoms with E-state index >= 15 is 0 Å². The monoisotopic (exact) mass is 530 g/mol. The van der Waals surface area contributed by atoms with Crippen LogP contribution in [-0.2, 0) is 6.18 Å². The number of pyridine rings is 1. The zero-order chi connectivity index (χ0) is 26.9. The smallest absolute Gasteiger partial charge is 0.416 e. The second-order valence-corrected chi connectivity index (χ2v) is 9.03. The molecule has 0 spiro atoms. The second-order valence-electron chi connectivity index (χ2n) is 9.03. The van der Waals surface area contributed by atoms with Crippen LogP contribution in [0.25, 0.3) is 11.4 Å². The number of fused-ring (bicyclic) bond motifs is 4. The maximum Gasteiger partial charge on any atom is 0.416 e. The van der Waals surface area contributed by atoms with Crippen LogP contribution in [0.5, 0.6) is 5.88 Å². The first kappa shape index (κ1) is 25.7. The lowest BCUT2D eigenvalue weighted by Gasteiger charge is -2.45. The first-order valence-corrected chi connectivity index (χ1v) is 12.0. The van der Waals surface area contributed by atoms with Gasteiger partial charge in [-0.15, -0.1) is 0 Å². The van der Waals surface area contributed by atoms with E-state index < -0.39 is 30.5 Å². The Kier molecular flexibility index (Phi) is 7.04. The quantitative estimate of drug-likeness (QED) is 0.444. The van der Waals surface area contributed by atoms with Crippen molar-refractivity contribution in [3.8, 4) is 17.3 Å². The number of rotatable bonds is 6. The molecule has 1 fully saturated rings. The normalized spacial score (nSPS) is 17.6. The van der Waals surface area contributed by atoms with Crippen molar-refractivity contribution in [2.75, 3.05) is 41.4 Å². The highest BCUT2D eigenvalue weighted by Gasteiger charge is 2.39. The number of alkyl halides is 3. The van der Waals surface area contributed by atoms with Crippen LogP contribution in [0.4, 0.5) is 35.3 Å². The second kappa shape index (κ2) is 10.4. The average Bonchev–Trinajstić information content (AvgIpc) is 2.91. The predicted molar refractivity (Wildman–Crippen MR) is 132 cm³/mol. The lowest BCUT2D eigenvalue weighted by Crippen LogP contribution is -2.56. The first-order chi connectivity index (χ1) is 18.2. The van der Waals surface area contributed by atoms with Crippen molar-refractivity contribution in [2.24, 2.45) is 0 Å². The number of aliphatic hydroxyl groups is 2. The summed E-state index contributed by atoms with van der Waals surface area (Å²) in [5.41, 5.74) is -0.00798. The number of piperidine rings is 1. The zero-order valence-corrected chi connectivity index (χ0v) is 20.1. The number of hydrogen-bond acceptors (Lipinski definition) is 8. The number of carbonyl (C=O) groups excluding carboxylic acids is 1. The Balaban J connectivity index is 1.44. The van der Waals surface area contributed by atoms with Crippen LogP contribution in [0.1, 0.15) is 18.4 Å². The summed E-state index contributed by atoms with van der Waals surface area (Å²) in [4.78, 5) is 30.2. The third-order valence-corrected chi connectivity index (χ3v) is 6.34. The van der Waals surface area contributed by atoms with Crippen LogP contribution < -0.4 is 19.9 Å². The number of nitrogens with one attached hydrogen (secondary N) is 1. The highest BCUT2D eigenvalue weighted by atomic mass is 19.4. The lowest BCUT2D eigenvalue weighted by molar-refractivity contribution is -0.137. The summed E-state index contributed by atoms with van der Waals surface area (Å²) >= 11 is 0. The van der Waals surface area contributed by atoms with Gasteiger partial charge in [-0.25, -0.2) is 14.8 Å². The Morgan fingerprint density at radius 2 is 2.03 bits per heavy atom. The van der Waals surface area contributed by atoms with E-state index in [9.17, 15) is 23.1 Å². The van der Waals surface area contributed by atoms with E-state index in [4.69, 9.17) is 9.84 Å². The number of halogens is 3. The number of ether oxygens (including phenoxy) is 1. The van der Waals surface area contributed by atoms with E-state index in [0.29, 0.717) is 18.1 Å². The number of aliphatic hydroxyl groups excluding tert-OH is 2. The van der Waals surface area contributed by atoms with E-state index in [1.807, 2.05) is 0 Å². The molecule has 2 aromatic heterocycles. The molecule has 13 heteroatoms. The molecular formula is C25H25F3N6O4. The van der Waals surface area contributed by atoms with Gasteiger partial charge < -0.3 is 19.8 Å². The predicted octanol–water partition coefficient (Wildman–Crippen LogP) is 3.31. The van der Waals surface area contributed by atoms with Crippen LogP contribution in [0.2, 0.25) is 0 Å². The molecule has 0 saturated carbocycles. The highest BCUT2D eigenvalue weighted by molar-refractivity contribution is 6.04. The molecule has 2 aliphatic rings. The van der Waals surface area contributed by atoms with E-state index in [1.165, 1.54) is 17.0 Å². The Labute approximate surface area is 215 Å². The van der Waals surface area contributed by atoms with Gasteiger partial charge in [0, 0.05) is 24.7 Å². The van der Waals surface area contributed by atoms with Crippen LogP contribution in [-0.4, -0.2) is 69.6 Å². The van der Waals surface area contributed by atoms with Gasteiger partial charge in [-0.05, 0) is 31.0 Å². The molecule has 2 aliphatic heterocycles. The number of benzene rings is 1. The van der Waals surface area contributed by atoms with E-state index in [0.717, 1.165) is 31.5 Å². The molecule has 3 N–H and O–H groups in total. The molecule has 200 valence electrons. The lowest BCUT2D eigenvalue weighted by atomic mass is 10.0. The summed E-state index contributed by atoms with van der Waals surface area (Å²) in [6.45, 7) is 0.690. The van der Waals surface area contributed by atoms with Crippen molar-refractivity contribution >= 4 is 23.4 Å².